The van der Waals surface area contributed by atoms with E-state index in [9.17, 15) is 4.79 Å². The molecule has 1 amide bonds. The van der Waals surface area contributed by atoms with E-state index in [1.54, 1.807) is 10.6 Å². The second kappa shape index (κ2) is 6.07. The molecule has 0 radical (unpaired) electrons. The van der Waals surface area contributed by atoms with Gasteiger partial charge in [-0.3, -0.25) is 9.48 Å². The zero-order valence-electron chi connectivity index (χ0n) is 14.7. The molecule has 1 N–H and O–H groups in total. The van der Waals surface area contributed by atoms with Crippen molar-refractivity contribution >= 4 is 11.6 Å². The molecule has 7 nitrogen and oxygen atoms in total. The average molecular weight is 326 g/mol. The van der Waals surface area contributed by atoms with Gasteiger partial charge in [-0.1, -0.05) is 0 Å². The summed E-state index contributed by atoms with van der Waals surface area (Å²) >= 11 is 0. The Morgan fingerprint density at radius 2 is 1.79 bits per heavy atom. The molecule has 3 rings (SSSR count). The molecular formula is C17H22N6O. The molecule has 0 aliphatic heterocycles. The Labute approximate surface area is 140 Å². The lowest BCUT2D eigenvalue weighted by molar-refractivity contribution is 0.0942. The zero-order valence-corrected chi connectivity index (χ0v) is 14.7. The minimum absolute atomic E-state index is 0.0738. The van der Waals surface area contributed by atoms with Crippen molar-refractivity contribution < 1.29 is 4.79 Å². The van der Waals surface area contributed by atoms with Crippen molar-refractivity contribution in [3.8, 4) is 0 Å². The van der Waals surface area contributed by atoms with Gasteiger partial charge in [0.15, 0.2) is 5.65 Å². The van der Waals surface area contributed by atoms with Crippen molar-refractivity contribution in [2.45, 2.75) is 40.7 Å². The molecule has 0 aliphatic rings. The standard InChI is InChI=1S/C17H22N6O/c1-10-6-12(3)22(20-10)14(5)9-18-17(24)15-8-13(4)23-16(19-15)7-11(2)21-23/h6-8,14H,9H2,1-5H3,(H,18,24). The van der Waals surface area contributed by atoms with Crippen molar-refractivity contribution in [3.63, 3.8) is 0 Å². The van der Waals surface area contributed by atoms with Crippen molar-refractivity contribution in [2.24, 2.45) is 0 Å². The van der Waals surface area contributed by atoms with Crippen LogP contribution in [-0.4, -0.2) is 36.8 Å². The maximum absolute atomic E-state index is 12.4. The Morgan fingerprint density at radius 1 is 1.08 bits per heavy atom. The second-order valence-electron chi connectivity index (χ2n) is 6.27. The van der Waals surface area contributed by atoms with Gasteiger partial charge in [-0.2, -0.15) is 10.2 Å². The summed E-state index contributed by atoms with van der Waals surface area (Å²) in [4.78, 5) is 16.8. The molecule has 7 heteroatoms. The highest BCUT2D eigenvalue weighted by atomic mass is 16.1. The lowest BCUT2D eigenvalue weighted by Gasteiger charge is -2.15. The van der Waals surface area contributed by atoms with Gasteiger partial charge in [-0.25, -0.2) is 9.50 Å². The number of aryl methyl sites for hydroxylation is 4. The van der Waals surface area contributed by atoms with Gasteiger partial charge in [0.1, 0.15) is 5.69 Å². The molecule has 0 aliphatic carbocycles. The smallest absolute Gasteiger partial charge is 0.270 e. The van der Waals surface area contributed by atoms with Crippen LogP contribution in [0.4, 0.5) is 0 Å². The first-order chi connectivity index (χ1) is 11.3. The minimum atomic E-state index is -0.187. The molecule has 0 bridgehead atoms. The summed E-state index contributed by atoms with van der Waals surface area (Å²) in [7, 11) is 0. The van der Waals surface area contributed by atoms with Crippen molar-refractivity contribution in [2.75, 3.05) is 6.54 Å². The van der Waals surface area contributed by atoms with E-state index in [4.69, 9.17) is 0 Å². The number of fused-ring (bicyclic) bond motifs is 1. The maximum Gasteiger partial charge on any atom is 0.270 e. The largest absolute Gasteiger partial charge is 0.349 e. The Balaban J connectivity index is 1.74. The molecule has 0 aromatic carbocycles. The van der Waals surface area contributed by atoms with Crippen LogP contribution in [0.15, 0.2) is 18.2 Å². The van der Waals surface area contributed by atoms with E-state index in [1.807, 2.05) is 51.4 Å². The van der Waals surface area contributed by atoms with Crippen LogP contribution in [0.3, 0.4) is 0 Å². The summed E-state index contributed by atoms with van der Waals surface area (Å²) in [6.07, 6.45) is 0. The van der Waals surface area contributed by atoms with E-state index >= 15 is 0 Å². The predicted octanol–water partition coefficient (Wildman–Crippen LogP) is 2.15. The summed E-state index contributed by atoms with van der Waals surface area (Å²) in [6.45, 7) is 10.3. The number of carbonyl (C=O) groups excluding carboxylic acids is 1. The molecule has 3 aromatic heterocycles. The van der Waals surface area contributed by atoms with Gasteiger partial charge in [-0.15, -0.1) is 0 Å². The van der Waals surface area contributed by atoms with E-state index in [-0.39, 0.29) is 11.9 Å². The maximum atomic E-state index is 12.4. The lowest BCUT2D eigenvalue weighted by Crippen LogP contribution is -2.31. The van der Waals surface area contributed by atoms with Gasteiger partial charge in [0.25, 0.3) is 5.91 Å². The minimum Gasteiger partial charge on any atom is -0.349 e. The van der Waals surface area contributed by atoms with Gasteiger partial charge in [-0.05, 0) is 46.8 Å². The number of hydrogen-bond donors (Lipinski definition) is 1. The molecule has 126 valence electrons. The van der Waals surface area contributed by atoms with Crippen LogP contribution in [0, 0.1) is 27.7 Å². The van der Waals surface area contributed by atoms with Crippen LogP contribution < -0.4 is 5.32 Å². The molecule has 3 aromatic rings. The van der Waals surface area contributed by atoms with Crippen molar-refractivity contribution in [1.29, 1.82) is 0 Å². The normalized spacial score (nSPS) is 12.5. The highest BCUT2D eigenvalue weighted by molar-refractivity contribution is 5.92. The van der Waals surface area contributed by atoms with E-state index in [0.717, 1.165) is 22.8 Å². The fourth-order valence-corrected chi connectivity index (χ4v) is 2.87. The number of nitrogens with one attached hydrogen (secondary N) is 1. The van der Waals surface area contributed by atoms with Crippen LogP contribution >= 0.6 is 0 Å². The molecule has 3 heterocycles. The summed E-state index contributed by atoms with van der Waals surface area (Å²) in [6, 6.07) is 5.72. The van der Waals surface area contributed by atoms with Gasteiger partial charge < -0.3 is 5.32 Å². The topological polar surface area (TPSA) is 77.1 Å². The summed E-state index contributed by atoms with van der Waals surface area (Å²) < 4.78 is 3.67. The third kappa shape index (κ3) is 3.02. The molecule has 1 unspecified atom stereocenters. The fraction of sp³-hybridized carbons (Fsp3) is 0.412. The molecule has 0 saturated carbocycles. The van der Waals surface area contributed by atoms with Crippen molar-refractivity contribution in [3.05, 3.63) is 46.7 Å². The molecule has 24 heavy (non-hydrogen) atoms. The number of rotatable bonds is 4. The van der Waals surface area contributed by atoms with Crippen LogP contribution in [0.25, 0.3) is 5.65 Å². The number of aromatic nitrogens is 5. The molecular weight excluding hydrogens is 304 g/mol. The number of carbonyl (C=O) groups is 1. The Hall–Kier alpha value is -2.70. The number of nitrogens with zero attached hydrogens (tertiary/aromatic N) is 5. The number of hydrogen-bond acceptors (Lipinski definition) is 4. The van der Waals surface area contributed by atoms with Crippen LogP contribution in [0.1, 0.15) is 46.2 Å². The van der Waals surface area contributed by atoms with Crippen molar-refractivity contribution in [1.82, 2.24) is 29.7 Å². The average Bonchev–Trinajstić information content (AvgIpc) is 3.06. The zero-order chi connectivity index (χ0) is 17.4. The summed E-state index contributed by atoms with van der Waals surface area (Å²) in [5.74, 6) is -0.187. The molecule has 0 saturated heterocycles. The first kappa shape index (κ1) is 16.2. The monoisotopic (exact) mass is 326 g/mol. The quantitative estimate of drug-likeness (QED) is 0.797. The molecule has 1 atom stereocenters. The Kier molecular flexibility index (Phi) is 4.09. The fourth-order valence-electron chi connectivity index (χ4n) is 2.87. The van der Waals surface area contributed by atoms with E-state index < -0.39 is 0 Å². The SMILES string of the molecule is Cc1cc(C)n(C(C)CNC(=O)c2cc(C)n3nc(C)cc3n2)n1. The van der Waals surface area contributed by atoms with Gasteiger partial charge in [0, 0.05) is 24.0 Å². The Bertz CT molecular complexity index is 907. The third-order valence-corrected chi connectivity index (χ3v) is 3.98. The van der Waals surface area contributed by atoms with E-state index in [0.29, 0.717) is 17.9 Å². The van der Waals surface area contributed by atoms with E-state index in [2.05, 4.69) is 20.5 Å². The summed E-state index contributed by atoms with van der Waals surface area (Å²) in [5.41, 5.74) is 4.90. The number of amides is 1. The van der Waals surface area contributed by atoms with Crippen LogP contribution in [-0.2, 0) is 0 Å². The van der Waals surface area contributed by atoms with Crippen LogP contribution in [0.5, 0.6) is 0 Å². The van der Waals surface area contributed by atoms with Crippen LogP contribution in [0.2, 0.25) is 0 Å². The summed E-state index contributed by atoms with van der Waals surface area (Å²) in [5, 5.41) is 11.7. The lowest BCUT2D eigenvalue weighted by atomic mass is 10.3. The van der Waals surface area contributed by atoms with Gasteiger partial charge in [0.05, 0.1) is 17.4 Å². The third-order valence-electron chi connectivity index (χ3n) is 3.98. The van der Waals surface area contributed by atoms with Gasteiger partial charge >= 0.3 is 0 Å². The van der Waals surface area contributed by atoms with Gasteiger partial charge in [0.2, 0.25) is 0 Å². The molecule has 0 fully saturated rings. The highest BCUT2D eigenvalue weighted by Crippen LogP contribution is 2.11. The van der Waals surface area contributed by atoms with E-state index in [1.165, 1.54) is 0 Å². The first-order valence-corrected chi connectivity index (χ1v) is 8.00. The predicted molar refractivity (Wildman–Crippen MR) is 91.2 cm³/mol. The molecule has 0 spiro atoms. The first-order valence-electron chi connectivity index (χ1n) is 8.00. The second-order valence-corrected chi connectivity index (χ2v) is 6.27. The Morgan fingerprint density at radius 3 is 2.46 bits per heavy atom. The highest BCUT2D eigenvalue weighted by Gasteiger charge is 2.14.